The second-order valence-electron chi connectivity index (χ2n) is 4.23. The predicted molar refractivity (Wildman–Crippen MR) is 78.0 cm³/mol. The number of alkyl halides is 1. The SMILES string of the molecule is CN(c1ccc(F)cc1)S(=O)(=O)c1cccc(CCl)c1. The first-order valence-electron chi connectivity index (χ1n) is 5.84. The van der Waals surface area contributed by atoms with Gasteiger partial charge in [-0.05, 0) is 42.0 Å². The van der Waals surface area contributed by atoms with Crippen LogP contribution in [0.5, 0.6) is 0 Å². The van der Waals surface area contributed by atoms with Crippen LogP contribution in [0.3, 0.4) is 0 Å². The first-order chi connectivity index (χ1) is 9.45. The highest BCUT2D eigenvalue weighted by molar-refractivity contribution is 7.92. The average molecular weight is 314 g/mol. The van der Waals surface area contributed by atoms with Crippen molar-refractivity contribution in [1.29, 1.82) is 0 Å². The molecule has 20 heavy (non-hydrogen) atoms. The van der Waals surface area contributed by atoms with E-state index in [1.807, 2.05) is 0 Å². The zero-order valence-electron chi connectivity index (χ0n) is 10.8. The third-order valence-electron chi connectivity index (χ3n) is 2.90. The van der Waals surface area contributed by atoms with Gasteiger partial charge in [0.1, 0.15) is 5.82 Å². The summed E-state index contributed by atoms with van der Waals surface area (Å²) in [7, 11) is -2.26. The first kappa shape index (κ1) is 14.8. The lowest BCUT2D eigenvalue weighted by Crippen LogP contribution is -2.26. The molecule has 0 amide bonds. The van der Waals surface area contributed by atoms with E-state index < -0.39 is 15.8 Å². The van der Waals surface area contributed by atoms with Crippen LogP contribution < -0.4 is 4.31 Å². The maximum atomic E-state index is 12.9. The molecule has 2 rings (SSSR count). The molecule has 0 unspecified atom stereocenters. The van der Waals surface area contributed by atoms with Crippen LogP contribution >= 0.6 is 11.6 Å². The highest BCUT2D eigenvalue weighted by Crippen LogP contribution is 2.23. The second-order valence-corrected chi connectivity index (χ2v) is 6.47. The van der Waals surface area contributed by atoms with E-state index in [0.29, 0.717) is 5.69 Å². The van der Waals surface area contributed by atoms with Gasteiger partial charge >= 0.3 is 0 Å². The number of benzene rings is 2. The summed E-state index contributed by atoms with van der Waals surface area (Å²) in [4.78, 5) is 0.155. The van der Waals surface area contributed by atoms with Gasteiger partial charge in [0.2, 0.25) is 0 Å². The maximum Gasteiger partial charge on any atom is 0.264 e. The van der Waals surface area contributed by atoms with E-state index >= 15 is 0 Å². The molecule has 2 aromatic rings. The maximum absolute atomic E-state index is 12.9. The molecule has 0 radical (unpaired) electrons. The van der Waals surface area contributed by atoms with Gasteiger partial charge in [-0.15, -0.1) is 11.6 Å². The smallest absolute Gasteiger partial charge is 0.264 e. The minimum absolute atomic E-state index is 0.155. The molecule has 0 bridgehead atoms. The fourth-order valence-corrected chi connectivity index (χ4v) is 3.17. The lowest BCUT2D eigenvalue weighted by Gasteiger charge is -2.19. The third-order valence-corrected chi connectivity index (χ3v) is 4.99. The Labute approximate surface area is 122 Å². The number of anilines is 1. The highest BCUT2D eigenvalue weighted by atomic mass is 35.5. The van der Waals surface area contributed by atoms with E-state index in [1.54, 1.807) is 12.1 Å². The summed E-state index contributed by atoms with van der Waals surface area (Å²) < 4.78 is 38.9. The zero-order chi connectivity index (χ0) is 14.8. The summed E-state index contributed by atoms with van der Waals surface area (Å²) >= 11 is 5.71. The van der Waals surface area contributed by atoms with Crippen LogP contribution in [-0.2, 0) is 15.9 Å². The van der Waals surface area contributed by atoms with Crippen LogP contribution in [0.4, 0.5) is 10.1 Å². The second kappa shape index (κ2) is 5.81. The average Bonchev–Trinajstić information content (AvgIpc) is 2.47. The molecule has 0 atom stereocenters. The molecule has 0 fully saturated rings. The molecule has 0 saturated heterocycles. The topological polar surface area (TPSA) is 37.4 Å². The summed E-state index contributed by atoms with van der Waals surface area (Å²) in [5.41, 5.74) is 1.11. The Kier molecular flexibility index (Phi) is 4.30. The zero-order valence-corrected chi connectivity index (χ0v) is 12.3. The van der Waals surface area contributed by atoms with Crippen molar-refractivity contribution in [2.24, 2.45) is 0 Å². The summed E-state index contributed by atoms with van der Waals surface area (Å²) in [6.45, 7) is 0. The molecule has 0 aliphatic heterocycles. The molecule has 106 valence electrons. The van der Waals surface area contributed by atoms with Gasteiger partial charge in [0.25, 0.3) is 10.0 Å². The van der Waals surface area contributed by atoms with E-state index in [1.165, 1.54) is 43.4 Å². The Morgan fingerprint density at radius 1 is 1.15 bits per heavy atom. The van der Waals surface area contributed by atoms with E-state index in [2.05, 4.69) is 0 Å². The molecule has 2 aromatic carbocycles. The van der Waals surface area contributed by atoms with Crippen molar-refractivity contribution in [1.82, 2.24) is 0 Å². The largest absolute Gasteiger partial charge is 0.269 e. The number of halogens is 2. The highest BCUT2D eigenvalue weighted by Gasteiger charge is 2.21. The van der Waals surface area contributed by atoms with Crippen molar-refractivity contribution >= 4 is 27.3 Å². The Hall–Kier alpha value is -1.59. The van der Waals surface area contributed by atoms with Crippen molar-refractivity contribution in [2.45, 2.75) is 10.8 Å². The molecule has 0 aromatic heterocycles. The Bertz CT molecular complexity index is 701. The van der Waals surface area contributed by atoms with Crippen molar-refractivity contribution in [3.05, 3.63) is 59.9 Å². The minimum Gasteiger partial charge on any atom is -0.269 e. The van der Waals surface area contributed by atoms with Gasteiger partial charge in [-0.25, -0.2) is 12.8 Å². The molecule has 3 nitrogen and oxygen atoms in total. The molecule has 0 saturated carbocycles. The van der Waals surface area contributed by atoms with Crippen LogP contribution in [-0.4, -0.2) is 15.5 Å². The van der Waals surface area contributed by atoms with Crippen molar-refractivity contribution < 1.29 is 12.8 Å². The molecule has 0 spiro atoms. The first-order valence-corrected chi connectivity index (χ1v) is 7.82. The fraction of sp³-hybridized carbons (Fsp3) is 0.143. The normalized spacial score (nSPS) is 11.3. The Balaban J connectivity index is 2.40. The van der Waals surface area contributed by atoms with Gasteiger partial charge in [-0.2, -0.15) is 0 Å². The molecule has 0 aliphatic carbocycles. The molecule has 6 heteroatoms. The summed E-state index contributed by atoms with van der Waals surface area (Å²) in [6.07, 6.45) is 0. The number of nitrogens with zero attached hydrogens (tertiary/aromatic N) is 1. The van der Waals surface area contributed by atoms with Crippen LogP contribution in [0.25, 0.3) is 0 Å². The summed E-state index contributed by atoms with van der Waals surface area (Å²) in [5, 5.41) is 0. The van der Waals surface area contributed by atoms with E-state index in [9.17, 15) is 12.8 Å². The van der Waals surface area contributed by atoms with Gasteiger partial charge < -0.3 is 0 Å². The van der Waals surface area contributed by atoms with Crippen LogP contribution in [0.1, 0.15) is 5.56 Å². The van der Waals surface area contributed by atoms with Gasteiger partial charge in [0.05, 0.1) is 10.6 Å². The van der Waals surface area contributed by atoms with E-state index in [0.717, 1.165) is 9.87 Å². The quantitative estimate of drug-likeness (QED) is 0.811. The standard InChI is InChI=1S/C14H13ClFNO2S/c1-17(13-7-5-12(16)6-8-13)20(18,19)14-4-2-3-11(9-14)10-15/h2-9H,10H2,1H3. The van der Waals surface area contributed by atoms with Crippen molar-refractivity contribution in [3.63, 3.8) is 0 Å². The van der Waals surface area contributed by atoms with Gasteiger partial charge in [-0.1, -0.05) is 12.1 Å². The van der Waals surface area contributed by atoms with E-state index in [4.69, 9.17) is 11.6 Å². The van der Waals surface area contributed by atoms with E-state index in [-0.39, 0.29) is 10.8 Å². The number of sulfonamides is 1. The fourth-order valence-electron chi connectivity index (χ4n) is 1.74. The van der Waals surface area contributed by atoms with Crippen LogP contribution in [0, 0.1) is 5.82 Å². The van der Waals surface area contributed by atoms with Crippen molar-refractivity contribution in [2.75, 3.05) is 11.4 Å². The number of hydrogen-bond donors (Lipinski definition) is 0. The third kappa shape index (κ3) is 2.94. The van der Waals surface area contributed by atoms with Crippen molar-refractivity contribution in [3.8, 4) is 0 Å². The predicted octanol–water partition coefficient (Wildman–Crippen LogP) is 3.39. The Morgan fingerprint density at radius 2 is 1.80 bits per heavy atom. The van der Waals surface area contributed by atoms with Gasteiger partial charge in [0.15, 0.2) is 0 Å². The van der Waals surface area contributed by atoms with Gasteiger partial charge in [0, 0.05) is 12.9 Å². The summed E-state index contributed by atoms with van der Waals surface area (Å²) in [6, 6.07) is 11.7. The Morgan fingerprint density at radius 3 is 2.40 bits per heavy atom. The van der Waals surface area contributed by atoms with Gasteiger partial charge in [-0.3, -0.25) is 4.31 Å². The van der Waals surface area contributed by atoms with Crippen LogP contribution in [0.2, 0.25) is 0 Å². The minimum atomic E-state index is -3.69. The monoisotopic (exact) mass is 313 g/mol. The molecule has 0 heterocycles. The molecule has 0 aliphatic rings. The molecular weight excluding hydrogens is 301 g/mol. The lowest BCUT2D eigenvalue weighted by atomic mass is 10.2. The summed E-state index contributed by atoms with van der Waals surface area (Å²) in [5.74, 6) is -0.174. The lowest BCUT2D eigenvalue weighted by molar-refractivity contribution is 0.594. The number of hydrogen-bond acceptors (Lipinski definition) is 2. The molecule has 0 N–H and O–H groups in total. The number of rotatable bonds is 4. The van der Waals surface area contributed by atoms with Crippen LogP contribution in [0.15, 0.2) is 53.4 Å². The molecular formula is C14H13ClFNO2S.